The van der Waals surface area contributed by atoms with Crippen LogP contribution in [0.5, 0.6) is 0 Å². The first-order valence-electron chi connectivity index (χ1n) is 6.83. The molecule has 18 heavy (non-hydrogen) atoms. The SMILES string of the molecule is CCNC(C)c1ccnc(N2CCCC2CO)c1. The minimum Gasteiger partial charge on any atom is -0.394 e. The maximum Gasteiger partial charge on any atom is 0.129 e. The minimum atomic E-state index is 0.217. The van der Waals surface area contributed by atoms with Crippen LogP contribution in [-0.4, -0.2) is 35.8 Å². The van der Waals surface area contributed by atoms with E-state index < -0.39 is 0 Å². The van der Waals surface area contributed by atoms with Crippen LogP contribution < -0.4 is 10.2 Å². The normalized spacial score (nSPS) is 21.3. The van der Waals surface area contributed by atoms with E-state index in [9.17, 15) is 5.11 Å². The second-order valence-electron chi connectivity index (χ2n) is 4.90. The molecule has 2 rings (SSSR count). The molecule has 2 heterocycles. The van der Waals surface area contributed by atoms with Gasteiger partial charge in [0.2, 0.25) is 0 Å². The number of pyridine rings is 1. The summed E-state index contributed by atoms with van der Waals surface area (Å²) in [5, 5.41) is 12.8. The molecule has 0 saturated carbocycles. The van der Waals surface area contributed by atoms with Crippen LogP contribution in [0.4, 0.5) is 5.82 Å². The Morgan fingerprint density at radius 3 is 3.17 bits per heavy atom. The van der Waals surface area contributed by atoms with E-state index in [1.54, 1.807) is 0 Å². The van der Waals surface area contributed by atoms with Crippen molar-refractivity contribution in [1.82, 2.24) is 10.3 Å². The molecule has 2 N–H and O–H groups in total. The third-order valence-electron chi connectivity index (χ3n) is 3.66. The average Bonchev–Trinajstić information content (AvgIpc) is 2.87. The predicted octanol–water partition coefficient (Wildman–Crippen LogP) is 1.71. The number of hydrogen-bond acceptors (Lipinski definition) is 4. The summed E-state index contributed by atoms with van der Waals surface area (Å²) in [5.41, 5.74) is 1.26. The van der Waals surface area contributed by atoms with Gasteiger partial charge in [-0.3, -0.25) is 0 Å². The Kier molecular flexibility index (Phi) is 4.55. The van der Waals surface area contributed by atoms with Gasteiger partial charge in [0.25, 0.3) is 0 Å². The lowest BCUT2D eigenvalue weighted by Crippen LogP contribution is -2.32. The Morgan fingerprint density at radius 2 is 2.44 bits per heavy atom. The molecule has 1 aliphatic rings. The fraction of sp³-hybridized carbons (Fsp3) is 0.643. The molecule has 0 aliphatic carbocycles. The molecule has 1 saturated heterocycles. The molecule has 2 unspecified atom stereocenters. The van der Waals surface area contributed by atoms with Gasteiger partial charge in [0, 0.05) is 18.8 Å². The van der Waals surface area contributed by atoms with E-state index >= 15 is 0 Å². The van der Waals surface area contributed by atoms with Gasteiger partial charge in [-0.05, 0) is 44.0 Å². The van der Waals surface area contributed by atoms with Gasteiger partial charge in [0.15, 0.2) is 0 Å². The standard InChI is InChI=1S/C14H23N3O/c1-3-15-11(2)12-6-7-16-14(9-12)17-8-4-5-13(17)10-18/h6-7,9,11,13,15,18H,3-5,8,10H2,1-2H3. The predicted molar refractivity (Wildman–Crippen MR) is 73.8 cm³/mol. The van der Waals surface area contributed by atoms with Gasteiger partial charge >= 0.3 is 0 Å². The number of anilines is 1. The zero-order valence-electron chi connectivity index (χ0n) is 11.3. The number of nitrogens with zero attached hydrogens (tertiary/aromatic N) is 2. The summed E-state index contributed by atoms with van der Waals surface area (Å²) >= 11 is 0. The molecule has 1 fully saturated rings. The summed E-state index contributed by atoms with van der Waals surface area (Å²) in [7, 11) is 0. The van der Waals surface area contributed by atoms with Crippen LogP contribution in [0, 0.1) is 0 Å². The summed E-state index contributed by atoms with van der Waals surface area (Å²) < 4.78 is 0. The van der Waals surface area contributed by atoms with Crippen molar-refractivity contribution in [3.8, 4) is 0 Å². The average molecular weight is 249 g/mol. The zero-order valence-corrected chi connectivity index (χ0v) is 11.3. The largest absolute Gasteiger partial charge is 0.394 e. The van der Waals surface area contributed by atoms with E-state index in [1.807, 2.05) is 6.20 Å². The molecular formula is C14H23N3O. The highest BCUT2D eigenvalue weighted by Gasteiger charge is 2.25. The van der Waals surface area contributed by atoms with Crippen LogP contribution >= 0.6 is 0 Å². The molecule has 0 aromatic carbocycles. The van der Waals surface area contributed by atoms with Crippen molar-refractivity contribution in [2.75, 3.05) is 24.6 Å². The third-order valence-corrected chi connectivity index (χ3v) is 3.66. The number of aliphatic hydroxyl groups is 1. The van der Waals surface area contributed by atoms with Crippen molar-refractivity contribution >= 4 is 5.82 Å². The van der Waals surface area contributed by atoms with Crippen molar-refractivity contribution in [2.45, 2.75) is 38.8 Å². The van der Waals surface area contributed by atoms with E-state index in [0.717, 1.165) is 31.7 Å². The van der Waals surface area contributed by atoms with Crippen molar-refractivity contribution in [1.29, 1.82) is 0 Å². The van der Waals surface area contributed by atoms with Crippen LogP contribution in [-0.2, 0) is 0 Å². The quantitative estimate of drug-likeness (QED) is 0.834. The first kappa shape index (κ1) is 13.3. The summed E-state index contributed by atoms with van der Waals surface area (Å²) in [6.45, 7) is 6.45. The van der Waals surface area contributed by atoms with Gasteiger partial charge in [-0.2, -0.15) is 0 Å². The first-order chi connectivity index (χ1) is 8.76. The number of aliphatic hydroxyl groups excluding tert-OH is 1. The highest BCUT2D eigenvalue weighted by Crippen LogP contribution is 2.25. The zero-order chi connectivity index (χ0) is 13.0. The smallest absolute Gasteiger partial charge is 0.129 e. The Labute approximate surface area is 109 Å². The van der Waals surface area contributed by atoms with Gasteiger partial charge in [-0.25, -0.2) is 4.98 Å². The van der Waals surface area contributed by atoms with E-state index in [0.29, 0.717) is 6.04 Å². The molecule has 4 heteroatoms. The maximum atomic E-state index is 9.38. The molecular weight excluding hydrogens is 226 g/mol. The lowest BCUT2D eigenvalue weighted by Gasteiger charge is -2.25. The third kappa shape index (κ3) is 2.82. The lowest BCUT2D eigenvalue weighted by molar-refractivity contribution is 0.266. The van der Waals surface area contributed by atoms with Crippen LogP contribution in [0.15, 0.2) is 18.3 Å². The number of nitrogens with one attached hydrogen (secondary N) is 1. The Hall–Kier alpha value is -1.13. The molecule has 0 amide bonds. The van der Waals surface area contributed by atoms with Crippen LogP contribution in [0.2, 0.25) is 0 Å². The highest BCUT2D eigenvalue weighted by molar-refractivity contribution is 5.44. The topological polar surface area (TPSA) is 48.4 Å². The monoisotopic (exact) mass is 249 g/mol. The molecule has 0 spiro atoms. The van der Waals surface area contributed by atoms with Crippen LogP contribution in [0.1, 0.15) is 38.3 Å². The first-order valence-corrected chi connectivity index (χ1v) is 6.83. The summed E-state index contributed by atoms with van der Waals surface area (Å²) in [5.74, 6) is 0.994. The second kappa shape index (κ2) is 6.16. The Morgan fingerprint density at radius 1 is 1.61 bits per heavy atom. The van der Waals surface area contributed by atoms with Gasteiger partial charge in [-0.15, -0.1) is 0 Å². The number of aromatic nitrogens is 1. The fourth-order valence-corrected chi connectivity index (χ4v) is 2.61. The molecule has 1 aromatic heterocycles. The van der Waals surface area contributed by atoms with Crippen LogP contribution in [0.25, 0.3) is 0 Å². The second-order valence-corrected chi connectivity index (χ2v) is 4.90. The van der Waals surface area contributed by atoms with Gasteiger partial charge in [0.1, 0.15) is 5.82 Å². The van der Waals surface area contributed by atoms with Gasteiger partial charge in [-0.1, -0.05) is 6.92 Å². The fourth-order valence-electron chi connectivity index (χ4n) is 2.61. The van der Waals surface area contributed by atoms with Crippen molar-refractivity contribution in [3.63, 3.8) is 0 Å². The molecule has 1 aromatic rings. The van der Waals surface area contributed by atoms with E-state index in [4.69, 9.17) is 0 Å². The van der Waals surface area contributed by atoms with Crippen molar-refractivity contribution in [3.05, 3.63) is 23.9 Å². The van der Waals surface area contributed by atoms with E-state index in [2.05, 4.69) is 41.2 Å². The molecule has 100 valence electrons. The Bertz CT molecular complexity index is 383. The summed E-state index contributed by atoms with van der Waals surface area (Å²) in [6.07, 6.45) is 4.07. The van der Waals surface area contributed by atoms with Crippen molar-refractivity contribution in [2.24, 2.45) is 0 Å². The molecule has 1 aliphatic heterocycles. The number of rotatable bonds is 5. The highest BCUT2D eigenvalue weighted by atomic mass is 16.3. The van der Waals surface area contributed by atoms with Crippen molar-refractivity contribution < 1.29 is 5.11 Å². The summed E-state index contributed by atoms with van der Waals surface area (Å²) in [4.78, 5) is 6.67. The maximum absolute atomic E-state index is 9.38. The molecule has 0 bridgehead atoms. The van der Waals surface area contributed by atoms with Crippen LogP contribution in [0.3, 0.4) is 0 Å². The lowest BCUT2D eigenvalue weighted by atomic mass is 10.1. The number of hydrogen-bond donors (Lipinski definition) is 2. The van der Waals surface area contributed by atoms with Gasteiger partial charge in [0.05, 0.1) is 12.6 Å². The molecule has 0 radical (unpaired) electrons. The van der Waals surface area contributed by atoms with Gasteiger partial charge < -0.3 is 15.3 Å². The summed E-state index contributed by atoms with van der Waals surface area (Å²) in [6, 6.07) is 4.77. The minimum absolute atomic E-state index is 0.217. The van der Waals surface area contributed by atoms with E-state index in [-0.39, 0.29) is 12.6 Å². The Balaban J connectivity index is 2.16. The molecule has 2 atom stereocenters. The molecule has 4 nitrogen and oxygen atoms in total. The van der Waals surface area contributed by atoms with E-state index in [1.165, 1.54) is 5.56 Å².